The molecule has 0 saturated carbocycles. The van der Waals surface area contributed by atoms with Crippen LogP contribution in [0, 0.1) is 6.92 Å². The number of rotatable bonds is 6. The zero-order valence-corrected chi connectivity index (χ0v) is 18.1. The van der Waals surface area contributed by atoms with Crippen molar-refractivity contribution in [1.29, 1.82) is 0 Å². The normalized spacial score (nSPS) is 11.2. The molecule has 0 atom stereocenters. The van der Waals surface area contributed by atoms with Gasteiger partial charge in [0.2, 0.25) is 0 Å². The Morgan fingerprint density at radius 3 is 2.30 bits per heavy atom. The van der Waals surface area contributed by atoms with Crippen molar-refractivity contribution in [2.75, 3.05) is 11.4 Å². The number of aryl methyl sites for hydroxylation is 1. The van der Waals surface area contributed by atoms with E-state index in [9.17, 15) is 4.79 Å². The van der Waals surface area contributed by atoms with Gasteiger partial charge in [0, 0.05) is 18.0 Å². The fraction of sp³-hybridized carbons (Fsp3) is 0.269. The second-order valence-corrected chi connectivity index (χ2v) is 8.22. The molecule has 0 N–H and O–H groups in total. The minimum atomic E-state index is -0.589. The van der Waals surface area contributed by atoms with E-state index < -0.39 is 11.7 Å². The fourth-order valence-electron chi connectivity index (χ4n) is 3.33. The van der Waals surface area contributed by atoms with E-state index in [-0.39, 0.29) is 0 Å². The van der Waals surface area contributed by atoms with Crippen molar-refractivity contribution >= 4 is 22.6 Å². The van der Waals surface area contributed by atoms with Crippen LogP contribution in [0.5, 0.6) is 5.75 Å². The van der Waals surface area contributed by atoms with Crippen molar-refractivity contribution in [1.82, 2.24) is 0 Å². The Morgan fingerprint density at radius 2 is 1.67 bits per heavy atom. The average Bonchev–Trinajstić information content (AvgIpc) is 2.71. The summed E-state index contributed by atoms with van der Waals surface area (Å²) >= 11 is 0. The molecular formula is C26H29NO3. The summed E-state index contributed by atoms with van der Waals surface area (Å²) in [5.74, 6) is 0.729. The third-order valence-corrected chi connectivity index (χ3v) is 4.70. The molecular weight excluding hydrogens is 374 g/mol. The fourth-order valence-corrected chi connectivity index (χ4v) is 3.33. The lowest BCUT2D eigenvalue weighted by molar-refractivity contribution is 0.0584. The summed E-state index contributed by atoms with van der Waals surface area (Å²) < 4.78 is 11.8. The molecule has 3 aromatic carbocycles. The summed E-state index contributed by atoms with van der Waals surface area (Å²) in [6, 6.07) is 20.0. The van der Waals surface area contributed by atoms with Gasteiger partial charge in [0.05, 0.1) is 5.69 Å². The summed E-state index contributed by atoms with van der Waals surface area (Å²) in [6.07, 6.45) is 1.29. The van der Waals surface area contributed by atoms with Crippen LogP contribution in [0.15, 0.2) is 73.3 Å². The Bertz CT molecular complexity index is 1040. The molecule has 0 aliphatic carbocycles. The molecule has 0 fully saturated rings. The molecule has 0 heterocycles. The number of fused-ring (bicyclic) bond motifs is 1. The van der Waals surface area contributed by atoms with Crippen molar-refractivity contribution < 1.29 is 14.3 Å². The summed E-state index contributed by atoms with van der Waals surface area (Å²) in [7, 11) is 0. The van der Waals surface area contributed by atoms with E-state index in [1.165, 1.54) is 0 Å². The number of carbonyl (C=O) groups excluding carboxylic acids is 1. The number of anilines is 1. The molecule has 0 aliphatic heterocycles. The van der Waals surface area contributed by atoms with Crippen molar-refractivity contribution in [2.45, 2.75) is 39.9 Å². The van der Waals surface area contributed by atoms with Gasteiger partial charge in [-0.05, 0) is 44.2 Å². The van der Waals surface area contributed by atoms with E-state index in [0.29, 0.717) is 13.2 Å². The average molecular weight is 404 g/mol. The molecule has 1 amide bonds. The van der Waals surface area contributed by atoms with Crippen LogP contribution in [0.25, 0.3) is 10.8 Å². The molecule has 0 bridgehead atoms. The standard InChI is InChI=1S/C26H29NO3/c1-6-16-27(25(28)30-26(3,4)5)23-17-24(29-18-20-12-8-7-9-13-20)22-15-11-10-14-21(22)19(23)2/h6-15,17H,1,16,18H2,2-5H3. The maximum absolute atomic E-state index is 12.9. The van der Waals surface area contributed by atoms with E-state index in [1.807, 2.05) is 88.4 Å². The Morgan fingerprint density at radius 1 is 1.03 bits per heavy atom. The molecule has 30 heavy (non-hydrogen) atoms. The minimum absolute atomic E-state index is 0.340. The largest absolute Gasteiger partial charge is 0.488 e. The lowest BCUT2D eigenvalue weighted by Crippen LogP contribution is -2.37. The highest BCUT2D eigenvalue weighted by Crippen LogP contribution is 2.37. The van der Waals surface area contributed by atoms with Gasteiger partial charge in [-0.25, -0.2) is 4.79 Å². The van der Waals surface area contributed by atoms with Crippen molar-refractivity contribution in [3.63, 3.8) is 0 Å². The van der Waals surface area contributed by atoms with Gasteiger partial charge in [0.1, 0.15) is 18.0 Å². The van der Waals surface area contributed by atoms with Crippen molar-refractivity contribution in [2.24, 2.45) is 0 Å². The van der Waals surface area contributed by atoms with Gasteiger partial charge in [0.25, 0.3) is 0 Å². The molecule has 0 radical (unpaired) electrons. The summed E-state index contributed by atoms with van der Waals surface area (Å²) in [5, 5.41) is 2.05. The zero-order chi connectivity index (χ0) is 21.7. The number of benzene rings is 3. The SMILES string of the molecule is C=CCN(C(=O)OC(C)(C)C)c1cc(OCc2ccccc2)c2ccccc2c1C. The lowest BCUT2D eigenvalue weighted by atomic mass is 10.0. The van der Waals surface area contributed by atoms with Crippen LogP contribution in [-0.2, 0) is 11.3 Å². The Labute approximate surface area is 178 Å². The third-order valence-electron chi connectivity index (χ3n) is 4.70. The van der Waals surface area contributed by atoms with Crippen LogP contribution in [0.1, 0.15) is 31.9 Å². The lowest BCUT2D eigenvalue weighted by Gasteiger charge is -2.28. The van der Waals surface area contributed by atoms with Gasteiger partial charge >= 0.3 is 6.09 Å². The van der Waals surface area contributed by atoms with Crippen LogP contribution in [-0.4, -0.2) is 18.2 Å². The first-order valence-corrected chi connectivity index (χ1v) is 10.1. The van der Waals surface area contributed by atoms with Crippen LogP contribution < -0.4 is 9.64 Å². The molecule has 3 rings (SSSR count). The molecule has 0 unspecified atom stereocenters. The van der Waals surface area contributed by atoms with E-state index in [2.05, 4.69) is 6.58 Å². The van der Waals surface area contributed by atoms with E-state index in [4.69, 9.17) is 9.47 Å². The Kier molecular flexibility index (Phi) is 6.46. The predicted octanol–water partition coefficient (Wildman–Crippen LogP) is 6.65. The van der Waals surface area contributed by atoms with Crippen molar-refractivity contribution in [3.05, 3.63) is 84.4 Å². The van der Waals surface area contributed by atoms with Gasteiger partial charge in [-0.1, -0.05) is 60.7 Å². The van der Waals surface area contributed by atoms with Crippen LogP contribution >= 0.6 is 0 Å². The second-order valence-electron chi connectivity index (χ2n) is 8.22. The number of nitrogens with zero attached hydrogens (tertiary/aromatic N) is 1. The highest BCUT2D eigenvalue weighted by Gasteiger charge is 2.25. The Hall–Kier alpha value is -3.27. The van der Waals surface area contributed by atoms with E-state index in [0.717, 1.165) is 33.3 Å². The maximum atomic E-state index is 12.9. The summed E-state index contributed by atoms with van der Waals surface area (Å²) in [4.78, 5) is 14.5. The number of hydrogen-bond acceptors (Lipinski definition) is 3. The maximum Gasteiger partial charge on any atom is 0.415 e. The van der Waals surface area contributed by atoms with Crippen LogP contribution in [0.3, 0.4) is 0 Å². The van der Waals surface area contributed by atoms with Gasteiger partial charge in [0.15, 0.2) is 0 Å². The van der Waals surface area contributed by atoms with Crippen LogP contribution in [0.4, 0.5) is 10.5 Å². The monoisotopic (exact) mass is 403 g/mol. The zero-order valence-electron chi connectivity index (χ0n) is 18.1. The van der Waals surface area contributed by atoms with Gasteiger partial charge in [-0.15, -0.1) is 6.58 Å². The van der Waals surface area contributed by atoms with E-state index >= 15 is 0 Å². The topological polar surface area (TPSA) is 38.8 Å². The molecule has 0 aliphatic rings. The third kappa shape index (κ3) is 5.01. The highest BCUT2D eigenvalue weighted by molar-refractivity contribution is 5.99. The summed E-state index contributed by atoms with van der Waals surface area (Å²) in [6.45, 7) is 12.2. The van der Waals surface area contributed by atoms with Gasteiger partial charge < -0.3 is 9.47 Å². The number of amides is 1. The van der Waals surface area contributed by atoms with Gasteiger partial charge in [-0.2, -0.15) is 0 Å². The molecule has 156 valence electrons. The number of ether oxygens (including phenoxy) is 2. The smallest absolute Gasteiger partial charge is 0.415 e. The molecule has 4 nitrogen and oxygen atoms in total. The second kappa shape index (κ2) is 9.04. The molecule has 0 spiro atoms. The van der Waals surface area contributed by atoms with Gasteiger partial charge in [-0.3, -0.25) is 4.90 Å². The number of hydrogen-bond donors (Lipinski definition) is 0. The predicted molar refractivity (Wildman–Crippen MR) is 123 cm³/mol. The minimum Gasteiger partial charge on any atom is -0.488 e. The first-order chi connectivity index (χ1) is 14.3. The molecule has 0 aromatic heterocycles. The summed E-state index contributed by atoms with van der Waals surface area (Å²) in [5.41, 5.74) is 2.24. The molecule has 4 heteroatoms. The molecule has 0 saturated heterocycles. The molecule has 3 aromatic rings. The highest BCUT2D eigenvalue weighted by atomic mass is 16.6. The Balaban J connectivity index is 2.05. The van der Waals surface area contributed by atoms with E-state index in [1.54, 1.807) is 11.0 Å². The van der Waals surface area contributed by atoms with Crippen molar-refractivity contribution in [3.8, 4) is 5.75 Å². The first kappa shape index (κ1) is 21.4. The van der Waals surface area contributed by atoms with Crippen LogP contribution in [0.2, 0.25) is 0 Å². The quantitative estimate of drug-likeness (QED) is 0.432. The first-order valence-electron chi connectivity index (χ1n) is 10.1. The number of carbonyl (C=O) groups is 1.